The third kappa shape index (κ3) is 5.04. The van der Waals surface area contributed by atoms with Crippen molar-refractivity contribution in [1.29, 1.82) is 0 Å². The van der Waals surface area contributed by atoms with Gasteiger partial charge in [-0.1, -0.05) is 12.8 Å². The first-order valence-corrected chi connectivity index (χ1v) is 6.63. The van der Waals surface area contributed by atoms with Gasteiger partial charge in [0, 0.05) is 24.5 Å². The normalized spacial score (nSPS) is 17.4. The molecule has 0 atom stereocenters. The lowest BCUT2D eigenvalue weighted by Crippen LogP contribution is -2.42. The highest BCUT2D eigenvalue weighted by Gasteiger charge is 2.26. The standard InChI is InChI=1S/C13H26N2O2/c1-13(2,14)8-7-12(17)15(9-10-16)11-5-3-4-6-11/h11,16H,3-10,14H2,1-2H3. The molecule has 0 aromatic heterocycles. The van der Waals surface area contributed by atoms with Gasteiger partial charge in [-0.2, -0.15) is 0 Å². The number of amides is 1. The van der Waals surface area contributed by atoms with Crippen molar-refractivity contribution in [2.75, 3.05) is 13.2 Å². The van der Waals surface area contributed by atoms with E-state index in [0.717, 1.165) is 12.8 Å². The Labute approximate surface area is 104 Å². The topological polar surface area (TPSA) is 66.6 Å². The number of rotatable bonds is 6. The van der Waals surface area contributed by atoms with E-state index < -0.39 is 0 Å². The Morgan fingerprint density at radius 3 is 2.47 bits per heavy atom. The second kappa shape index (κ2) is 6.36. The molecule has 4 nitrogen and oxygen atoms in total. The first-order chi connectivity index (χ1) is 7.94. The van der Waals surface area contributed by atoms with Crippen molar-refractivity contribution in [3.63, 3.8) is 0 Å². The van der Waals surface area contributed by atoms with Gasteiger partial charge in [0.25, 0.3) is 0 Å². The van der Waals surface area contributed by atoms with E-state index in [0.29, 0.717) is 25.4 Å². The van der Waals surface area contributed by atoms with Crippen molar-refractivity contribution >= 4 is 5.91 Å². The molecule has 0 unspecified atom stereocenters. The van der Waals surface area contributed by atoms with Gasteiger partial charge in [-0.15, -0.1) is 0 Å². The summed E-state index contributed by atoms with van der Waals surface area (Å²) in [5.41, 5.74) is 5.60. The van der Waals surface area contributed by atoms with Crippen LogP contribution in [0.1, 0.15) is 52.4 Å². The smallest absolute Gasteiger partial charge is 0.222 e. The number of hydrogen-bond acceptors (Lipinski definition) is 3. The molecular weight excluding hydrogens is 216 g/mol. The minimum atomic E-state index is -0.295. The predicted molar refractivity (Wildman–Crippen MR) is 68.6 cm³/mol. The van der Waals surface area contributed by atoms with Gasteiger partial charge in [0.2, 0.25) is 5.91 Å². The summed E-state index contributed by atoms with van der Waals surface area (Å²) in [6.45, 7) is 4.39. The summed E-state index contributed by atoms with van der Waals surface area (Å²) in [6, 6.07) is 0.343. The number of nitrogens with two attached hydrogens (primary N) is 1. The zero-order valence-corrected chi connectivity index (χ0v) is 11.1. The van der Waals surface area contributed by atoms with Crippen molar-refractivity contribution in [3.05, 3.63) is 0 Å². The maximum atomic E-state index is 12.1. The SMILES string of the molecule is CC(C)(N)CCC(=O)N(CCO)C1CCCC1. The Morgan fingerprint density at radius 2 is 2.00 bits per heavy atom. The summed E-state index contributed by atoms with van der Waals surface area (Å²) < 4.78 is 0. The van der Waals surface area contributed by atoms with Crippen LogP contribution >= 0.6 is 0 Å². The number of aliphatic hydroxyl groups is 1. The molecule has 1 saturated carbocycles. The number of nitrogens with zero attached hydrogens (tertiary/aromatic N) is 1. The van der Waals surface area contributed by atoms with Crippen LogP contribution in [0.2, 0.25) is 0 Å². The lowest BCUT2D eigenvalue weighted by Gasteiger charge is -2.29. The molecule has 1 aliphatic carbocycles. The molecule has 0 spiro atoms. The lowest BCUT2D eigenvalue weighted by molar-refractivity contribution is -0.134. The van der Waals surface area contributed by atoms with Gasteiger partial charge in [-0.05, 0) is 33.1 Å². The molecule has 1 amide bonds. The third-order valence-corrected chi connectivity index (χ3v) is 3.41. The second-order valence-corrected chi connectivity index (χ2v) is 5.74. The van der Waals surface area contributed by atoms with Crippen LogP contribution in [0.3, 0.4) is 0 Å². The summed E-state index contributed by atoms with van der Waals surface area (Å²) >= 11 is 0. The molecule has 0 bridgehead atoms. The number of carbonyl (C=O) groups excluding carboxylic acids is 1. The van der Waals surface area contributed by atoms with Gasteiger partial charge in [0.05, 0.1) is 6.61 Å². The van der Waals surface area contributed by atoms with Gasteiger partial charge in [-0.3, -0.25) is 4.79 Å². The van der Waals surface area contributed by atoms with Crippen LogP contribution in [0.4, 0.5) is 0 Å². The number of carbonyl (C=O) groups is 1. The minimum Gasteiger partial charge on any atom is -0.395 e. The first kappa shape index (κ1) is 14.5. The van der Waals surface area contributed by atoms with Crippen molar-refractivity contribution in [3.8, 4) is 0 Å². The van der Waals surface area contributed by atoms with E-state index in [2.05, 4.69) is 0 Å². The van der Waals surface area contributed by atoms with Crippen molar-refractivity contribution < 1.29 is 9.90 Å². The van der Waals surface area contributed by atoms with Crippen LogP contribution in [-0.2, 0) is 4.79 Å². The third-order valence-electron chi connectivity index (χ3n) is 3.41. The first-order valence-electron chi connectivity index (χ1n) is 6.63. The van der Waals surface area contributed by atoms with Gasteiger partial charge < -0.3 is 15.7 Å². The highest BCUT2D eigenvalue weighted by Crippen LogP contribution is 2.24. The van der Waals surface area contributed by atoms with E-state index in [4.69, 9.17) is 10.8 Å². The molecule has 100 valence electrons. The Hall–Kier alpha value is -0.610. The van der Waals surface area contributed by atoms with Gasteiger partial charge >= 0.3 is 0 Å². The summed E-state index contributed by atoms with van der Waals surface area (Å²) in [7, 11) is 0. The van der Waals surface area contributed by atoms with E-state index in [1.807, 2.05) is 18.7 Å². The molecule has 0 aliphatic heterocycles. The molecule has 0 saturated heterocycles. The van der Waals surface area contributed by atoms with Gasteiger partial charge in [0.15, 0.2) is 0 Å². The predicted octanol–water partition coefficient (Wildman–Crippen LogP) is 1.27. The molecule has 4 heteroatoms. The second-order valence-electron chi connectivity index (χ2n) is 5.74. The van der Waals surface area contributed by atoms with Crippen LogP contribution in [0, 0.1) is 0 Å². The van der Waals surface area contributed by atoms with E-state index in [9.17, 15) is 4.79 Å². The van der Waals surface area contributed by atoms with Crippen LogP contribution in [0.5, 0.6) is 0 Å². The van der Waals surface area contributed by atoms with Gasteiger partial charge in [0.1, 0.15) is 0 Å². The molecule has 1 fully saturated rings. The van der Waals surface area contributed by atoms with Crippen LogP contribution in [0.15, 0.2) is 0 Å². The molecule has 0 heterocycles. The fourth-order valence-electron chi connectivity index (χ4n) is 2.41. The summed E-state index contributed by atoms with van der Waals surface area (Å²) in [5.74, 6) is 0.143. The van der Waals surface area contributed by atoms with Crippen LogP contribution in [0.25, 0.3) is 0 Å². The lowest BCUT2D eigenvalue weighted by atomic mass is 9.99. The van der Waals surface area contributed by atoms with E-state index in [-0.39, 0.29) is 18.1 Å². The maximum Gasteiger partial charge on any atom is 0.222 e. The summed E-state index contributed by atoms with van der Waals surface area (Å²) in [5, 5.41) is 9.06. The molecule has 1 rings (SSSR count). The largest absolute Gasteiger partial charge is 0.395 e. The van der Waals surface area contributed by atoms with Crippen molar-refractivity contribution in [2.24, 2.45) is 5.73 Å². The molecule has 17 heavy (non-hydrogen) atoms. The Balaban J connectivity index is 2.48. The van der Waals surface area contributed by atoms with Crippen molar-refractivity contribution in [1.82, 2.24) is 4.90 Å². The summed E-state index contributed by atoms with van der Waals surface area (Å²) in [4.78, 5) is 14.0. The van der Waals surface area contributed by atoms with Crippen LogP contribution in [-0.4, -0.2) is 40.6 Å². The zero-order chi connectivity index (χ0) is 12.9. The molecule has 3 N–H and O–H groups in total. The van der Waals surface area contributed by atoms with E-state index >= 15 is 0 Å². The highest BCUT2D eigenvalue weighted by molar-refractivity contribution is 5.76. The molecule has 0 aromatic rings. The fourth-order valence-corrected chi connectivity index (χ4v) is 2.41. The average Bonchev–Trinajstić information content (AvgIpc) is 2.74. The highest BCUT2D eigenvalue weighted by atomic mass is 16.3. The number of hydrogen-bond donors (Lipinski definition) is 2. The summed E-state index contributed by atoms with van der Waals surface area (Å²) in [6.07, 6.45) is 5.74. The molecule has 1 aliphatic rings. The average molecular weight is 242 g/mol. The Bertz CT molecular complexity index is 242. The van der Waals surface area contributed by atoms with E-state index in [1.54, 1.807) is 0 Å². The molecular formula is C13H26N2O2. The minimum absolute atomic E-state index is 0.0499. The zero-order valence-electron chi connectivity index (χ0n) is 11.1. The van der Waals surface area contributed by atoms with E-state index in [1.165, 1.54) is 12.8 Å². The Kier molecular flexibility index (Phi) is 5.40. The fraction of sp³-hybridized carbons (Fsp3) is 0.923. The van der Waals surface area contributed by atoms with Crippen LogP contribution < -0.4 is 5.73 Å². The van der Waals surface area contributed by atoms with Gasteiger partial charge in [-0.25, -0.2) is 0 Å². The molecule has 0 radical (unpaired) electrons. The number of aliphatic hydroxyl groups excluding tert-OH is 1. The molecule has 0 aromatic carbocycles. The quantitative estimate of drug-likeness (QED) is 0.737. The monoisotopic (exact) mass is 242 g/mol. The maximum absolute atomic E-state index is 12.1. The van der Waals surface area contributed by atoms with Crippen molar-refractivity contribution in [2.45, 2.75) is 64.0 Å². The Morgan fingerprint density at radius 1 is 1.41 bits per heavy atom.